The summed E-state index contributed by atoms with van der Waals surface area (Å²) < 4.78 is 6.54. The first-order valence-electron chi connectivity index (χ1n) is 9.02. The monoisotopic (exact) mass is 408 g/mol. The quantitative estimate of drug-likeness (QED) is 0.497. The van der Waals surface area contributed by atoms with Crippen molar-refractivity contribution in [1.82, 2.24) is 19.9 Å². The first kappa shape index (κ1) is 19.0. The summed E-state index contributed by atoms with van der Waals surface area (Å²) in [5, 5.41) is 14.3. The van der Waals surface area contributed by atoms with Gasteiger partial charge >= 0.3 is 0 Å². The maximum absolute atomic E-state index is 13.0. The van der Waals surface area contributed by atoms with E-state index < -0.39 is 0 Å². The number of hydrazone groups is 1. The van der Waals surface area contributed by atoms with Crippen molar-refractivity contribution in [2.45, 2.75) is 17.6 Å². The molecule has 0 unspecified atom stereocenters. The van der Waals surface area contributed by atoms with Gasteiger partial charge in [-0.1, -0.05) is 54.2 Å². The van der Waals surface area contributed by atoms with Crippen molar-refractivity contribution in [3.63, 3.8) is 0 Å². The molecule has 0 saturated heterocycles. The minimum atomic E-state index is -0.181. The number of carbonyl (C=O) groups is 1. The van der Waals surface area contributed by atoms with Gasteiger partial charge in [0.2, 0.25) is 5.16 Å². The van der Waals surface area contributed by atoms with Gasteiger partial charge < -0.3 is 10.6 Å². The Hall–Kier alpha value is -3.33. The van der Waals surface area contributed by atoms with Crippen LogP contribution in [0.1, 0.15) is 23.6 Å². The van der Waals surface area contributed by atoms with Crippen LogP contribution in [0.15, 0.2) is 71.2 Å². The lowest BCUT2D eigenvalue weighted by molar-refractivity contribution is -0.130. The van der Waals surface area contributed by atoms with Gasteiger partial charge in [-0.3, -0.25) is 4.79 Å². The van der Waals surface area contributed by atoms with Crippen LogP contribution in [0.25, 0.3) is 0 Å². The second-order valence-electron chi connectivity index (χ2n) is 6.45. The van der Waals surface area contributed by atoms with Crippen LogP contribution in [0.5, 0.6) is 5.75 Å². The zero-order valence-electron chi connectivity index (χ0n) is 15.8. The highest BCUT2D eigenvalue weighted by molar-refractivity contribution is 7.99. The van der Waals surface area contributed by atoms with E-state index >= 15 is 0 Å². The number of rotatable bonds is 6. The summed E-state index contributed by atoms with van der Waals surface area (Å²) in [5.74, 6) is 6.54. The number of nitrogens with two attached hydrogens (primary N) is 1. The van der Waals surface area contributed by atoms with Gasteiger partial charge in [-0.05, 0) is 23.3 Å². The molecule has 2 N–H and O–H groups in total. The van der Waals surface area contributed by atoms with Crippen LogP contribution < -0.4 is 10.6 Å². The van der Waals surface area contributed by atoms with Crippen molar-refractivity contribution in [3.8, 4) is 5.75 Å². The fourth-order valence-electron chi connectivity index (χ4n) is 3.16. The maximum Gasteiger partial charge on any atom is 0.253 e. The maximum atomic E-state index is 13.0. The van der Waals surface area contributed by atoms with Gasteiger partial charge in [0, 0.05) is 6.42 Å². The average Bonchev–Trinajstić information content (AvgIpc) is 3.39. The van der Waals surface area contributed by atoms with Gasteiger partial charge in [-0.15, -0.1) is 10.2 Å². The van der Waals surface area contributed by atoms with Crippen LogP contribution in [-0.4, -0.2) is 44.4 Å². The number of amides is 1. The number of ether oxygens (including phenoxy) is 1. The Balaban J connectivity index is 1.58. The van der Waals surface area contributed by atoms with E-state index in [1.54, 1.807) is 12.1 Å². The highest BCUT2D eigenvalue weighted by Gasteiger charge is 2.33. The molecule has 2 heterocycles. The van der Waals surface area contributed by atoms with E-state index in [0.717, 1.165) is 22.6 Å². The van der Waals surface area contributed by atoms with Crippen molar-refractivity contribution in [1.29, 1.82) is 0 Å². The summed E-state index contributed by atoms with van der Waals surface area (Å²) in [7, 11) is 1.63. The second-order valence-corrected chi connectivity index (χ2v) is 7.40. The lowest BCUT2D eigenvalue weighted by atomic mass is 9.98. The van der Waals surface area contributed by atoms with E-state index in [9.17, 15) is 4.79 Å². The van der Waals surface area contributed by atoms with Crippen LogP contribution in [0.2, 0.25) is 0 Å². The Morgan fingerprint density at radius 3 is 2.62 bits per heavy atom. The van der Waals surface area contributed by atoms with Crippen LogP contribution in [0.3, 0.4) is 0 Å². The van der Waals surface area contributed by atoms with Gasteiger partial charge in [-0.2, -0.15) is 5.10 Å². The first-order valence-corrected chi connectivity index (χ1v) is 10.0. The van der Waals surface area contributed by atoms with Crippen LogP contribution in [0.4, 0.5) is 0 Å². The molecule has 1 aliphatic heterocycles. The standard InChI is InChI=1S/C20H20N6O2S/c1-28-16-9-7-15(8-10-16)18-11-17(14-5-3-2-4-6-14)24-26(18)19(27)12-29-20-23-22-13-25(20)21/h2-10,13,18H,11-12,21H2,1H3/t18-/m0/s1. The largest absolute Gasteiger partial charge is 0.497 e. The summed E-state index contributed by atoms with van der Waals surface area (Å²) in [4.78, 5) is 13.0. The van der Waals surface area contributed by atoms with Crippen LogP contribution in [0, 0.1) is 0 Å². The zero-order valence-corrected chi connectivity index (χ0v) is 16.6. The fraction of sp³-hybridized carbons (Fsp3) is 0.200. The SMILES string of the molecule is COc1ccc([C@@H]2CC(c3ccccc3)=NN2C(=O)CSc2nncn2N)cc1. The Kier molecular flexibility index (Phi) is 5.48. The number of aromatic nitrogens is 3. The molecule has 4 rings (SSSR count). The predicted molar refractivity (Wildman–Crippen MR) is 111 cm³/mol. The van der Waals surface area contributed by atoms with Crippen LogP contribution in [-0.2, 0) is 4.79 Å². The van der Waals surface area contributed by atoms with Gasteiger partial charge in [0.1, 0.15) is 12.1 Å². The van der Waals surface area contributed by atoms with Crippen molar-refractivity contribution >= 4 is 23.4 Å². The molecule has 0 aliphatic carbocycles. The number of carbonyl (C=O) groups excluding carboxylic acids is 1. The molecule has 29 heavy (non-hydrogen) atoms. The lowest BCUT2D eigenvalue weighted by Crippen LogP contribution is -2.28. The van der Waals surface area contributed by atoms with E-state index in [1.165, 1.54) is 22.8 Å². The summed E-state index contributed by atoms with van der Waals surface area (Å²) >= 11 is 1.23. The molecule has 1 amide bonds. The molecule has 8 nitrogen and oxygen atoms in total. The summed E-state index contributed by atoms with van der Waals surface area (Å²) in [6, 6.07) is 17.4. The van der Waals surface area contributed by atoms with E-state index in [1.807, 2.05) is 54.6 Å². The summed E-state index contributed by atoms with van der Waals surface area (Å²) in [5.41, 5.74) is 2.89. The molecule has 1 aromatic heterocycles. The Morgan fingerprint density at radius 1 is 1.21 bits per heavy atom. The van der Waals surface area contributed by atoms with E-state index in [2.05, 4.69) is 15.3 Å². The Bertz CT molecular complexity index is 1020. The van der Waals surface area contributed by atoms with Gasteiger partial charge in [0.25, 0.3) is 5.91 Å². The predicted octanol–water partition coefficient (Wildman–Crippen LogP) is 2.47. The lowest BCUT2D eigenvalue weighted by Gasteiger charge is -2.22. The minimum absolute atomic E-state index is 0.121. The number of thioether (sulfide) groups is 1. The third-order valence-electron chi connectivity index (χ3n) is 4.64. The average molecular weight is 408 g/mol. The Morgan fingerprint density at radius 2 is 1.97 bits per heavy atom. The van der Waals surface area contributed by atoms with Gasteiger partial charge in [0.05, 0.1) is 24.6 Å². The van der Waals surface area contributed by atoms with Crippen molar-refractivity contribution < 1.29 is 9.53 Å². The van der Waals surface area contributed by atoms with Crippen LogP contribution >= 0.6 is 11.8 Å². The number of hydrogen-bond acceptors (Lipinski definition) is 7. The van der Waals surface area contributed by atoms with E-state index in [4.69, 9.17) is 10.6 Å². The first-order chi connectivity index (χ1) is 14.2. The summed E-state index contributed by atoms with van der Waals surface area (Å²) in [6.45, 7) is 0. The molecule has 9 heteroatoms. The molecule has 0 saturated carbocycles. The number of nitrogens with zero attached hydrogens (tertiary/aromatic N) is 5. The third kappa shape index (κ3) is 4.09. The molecule has 1 aliphatic rings. The highest BCUT2D eigenvalue weighted by Crippen LogP contribution is 2.34. The summed E-state index contributed by atoms with van der Waals surface area (Å²) in [6.07, 6.45) is 2.04. The molecule has 0 bridgehead atoms. The molecule has 0 spiro atoms. The molecule has 3 aromatic rings. The number of methoxy groups -OCH3 is 1. The zero-order chi connectivity index (χ0) is 20.2. The van der Waals surface area contributed by atoms with Gasteiger partial charge in [0.15, 0.2) is 0 Å². The smallest absolute Gasteiger partial charge is 0.253 e. The fourth-order valence-corrected chi connectivity index (χ4v) is 3.84. The molecule has 1 atom stereocenters. The Labute approximate surface area is 172 Å². The minimum Gasteiger partial charge on any atom is -0.497 e. The third-order valence-corrected chi connectivity index (χ3v) is 5.58. The van der Waals surface area contributed by atoms with E-state index in [-0.39, 0.29) is 17.7 Å². The molecular formula is C20H20N6O2S. The molecule has 148 valence electrons. The van der Waals surface area contributed by atoms with Gasteiger partial charge in [-0.25, -0.2) is 9.69 Å². The van der Waals surface area contributed by atoms with Crippen molar-refractivity contribution in [2.24, 2.45) is 5.10 Å². The number of hydrogen-bond donors (Lipinski definition) is 1. The van der Waals surface area contributed by atoms with Crippen molar-refractivity contribution in [2.75, 3.05) is 18.7 Å². The normalized spacial score (nSPS) is 16.0. The van der Waals surface area contributed by atoms with E-state index in [0.29, 0.717) is 11.6 Å². The topological polar surface area (TPSA) is 98.6 Å². The molecule has 0 radical (unpaired) electrons. The highest BCUT2D eigenvalue weighted by atomic mass is 32.2. The molecule has 0 fully saturated rings. The molecule has 2 aromatic carbocycles. The number of nitrogen functional groups attached to an aromatic ring is 1. The second kappa shape index (κ2) is 8.36. The number of benzene rings is 2. The van der Waals surface area contributed by atoms with Crippen molar-refractivity contribution in [3.05, 3.63) is 72.1 Å². The molecular weight excluding hydrogens is 388 g/mol.